The molecular weight excluding hydrogens is 250 g/mol. The Morgan fingerprint density at radius 2 is 2.05 bits per heavy atom. The molecule has 1 saturated carbocycles. The Balaban J connectivity index is 2.02. The van der Waals surface area contributed by atoms with E-state index in [2.05, 4.69) is 16.5 Å². The highest BCUT2D eigenvalue weighted by molar-refractivity contribution is 5.80. The summed E-state index contributed by atoms with van der Waals surface area (Å²) in [5, 5.41) is 0. The van der Waals surface area contributed by atoms with Crippen LogP contribution in [-0.4, -0.2) is 16.7 Å². The minimum absolute atomic E-state index is 0.396. The third-order valence-corrected chi connectivity index (χ3v) is 4.66. The highest BCUT2D eigenvalue weighted by atomic mass is 16.5. The molecule has 3 rings (SSSR count). The van der Waals surface area contributed by atoms with E-state index in [0.29, 0.717) is 17.9 Å². The summed E-state index contributed by atoms with van der Waals surface area (Å²) in [5.41, 5.74) is 8.20. The van der Waals surface area contributed by atoms with Gasteiger partial charge in [0, 0.05) is 12.1 Å². The molecule has 108 valence electrons. The van der Waals surface area contributed by atoms with E-state index in [4.69, 9.17) is 10.5 Å². The molecule has 1 aliphatic carbocycles. The van der Waals surface area contributed by atoms with Gasteiger partial charge in [0.05, 0.1) is 18.1 Å². The van der Waals surface area contributed by atoms with E-state index in [0.717, 1.165) is 16.8 Å². The predicted octanol–water partition coefficient (Wildman–Crippen LogP) is 3.77. The maximum Gasteiger partial charge on any atom is 0.201 e. The van der Waals surface area contributed by atoms with Crippen molar-refractivity contribution in [1.29, 1.82) is 0 Å². The van der Waals surface area contributed by atoms with E-state index in [1.165, 1.54) is 32.1 Å². The summed E-state index contributed by atoms with van der Waals surface area (Å²) in [5.74, 6) is 2.18. The number of aromatic nitrogens is 2. The van der Waals surface area contributed by atoms with Gasteiger partial charge in [0.2, 0.25) is 5.95 Å². The highest BCUT2D eigenvalue weighted by Crippen LogP contribution is 2.36. The molecule has 4 nitrogen and oxygen atoms in total. The number of methoxy groups -OCH3 is 1. The Labute approximate surface area is 119 Å². The second-order valence-corrected chi connectivity index (χ2v) is 5.83. The molecule has 0 aliphatic heterocycles. The van der Waals surface area contributed by atoms with E-state index in [9.17, 15) is 0 Å². The molecule has 0 saturated heterocycles. The van der Waals surface area contributed by atoms with Crippen molar-refractivity contribution in [2.75, 3.05) is 12.8 Å². The molecule has 0 spiro atoms. The van der Waals surface area contributed by atoms with E-state index < -0.39 is 0 Å². The number of hydrogen-bond acceptors (Lipinski definition) is 3. The summed E-state index contributed by atoms with van der Waals surface area (Å²) in [6.45, 7) is 2.27. The average Bonchev–Trinajstić information content (AvgIpc) is 2.82. The van der Waals surface area contributed by atoms with Crippen molar-refractivity contribution < 1.29 is 4.74 Å². The summed E-state index contributed by atoms with van der Waals surface area (Å²) in [7, 11) is 1.69. The summed E-state index contributed by atoms with van der Waals surface area (Å²) in [6.07, 6.45) is 6.64. The van der Waals surface area contributed by atoms with Crippen LogP contribution < -0.4 is 10.5 Å². The van der Waals surface area contributed by atoms with Crippen LogP contribution in [0.1, 0.15) is 45.1 Å². The molecular formula is C16H23N3O. The van der Waals surface area contributed by atoms with Gasteiger partial charge in [-0.05, 0) is 37.8 Å². The molecule has 0 amide bonds. The molecule has 1 heterocycles. The fraction of sp³-hybridized carbons (Fsp3) is 0.562. The predicted molar refractivity (Wildman–Crippen MR) is 82.0 cm³/mol. The van der Waals surface area contributed by atoms with Crippen LogP contribution in [0.3, 0.4) is 0 Å². The van der Waals surface area contributed by atoms with Crippen molar-refractivity contribution in [3.63, 3.8) is 0 Å². The quantitative estimate of drug-likeness (QED) is 0.926. The third-order valence-electron chi connectivity index (χ3n) is 4.66. The molecule has 4 heteroatoms. The zero-order valence-corrected chi connectivity index (χ0v) is 12.3. The fourth-order valence-electron chi connectivity index (χ4n) is 3.47. The Bertz CT molecular complexity index is 599. The zero-order valence-electron chi connectivity index (χ0n) is 12.3. The minimum Gasteiger partial charge on any atom is -0.497 e. The highest BCUT2D eigenvalue weighted by Gasteiger charge is 2.24. The van der Waals surface area contributed by atoms with Gasteiger partial charge in [-0.1, -0.05) is 19.3 Å². The number of fused-ring (bicyclic) bond motifs is 1. The topological polar surface area (TPSA) is 53.1 Å². The van der Waals surface area contributed by atoms with Crippen molar-refractivity contribution in [3.05, 3.63) is 18.2 Å². The van der Waals surface area contributed by atoms with Crippen LogP contribution in [0.25, 0.3) is 11.0 Å². The van der Waals surface area contributed by atoms with Crippen molar-refractivity contribution in [2.24, 2.45) is 5.92 Å². The molecule has 1 aliphatic rings. The number of anilines is 1. The Morgan fingerprint density at radius 3 is 2.75 bits per heavy atom. The molecule has 1 fully saturated rings. The number of rotatable bonds is 3. The molecule has 1 aromatic carbocycles. The van der Waals surface area contributed by atoms with E-state index in [1.807, 2.05) is 18.2 Å². The number of ether oxygens (including phenoxy) is 1. The van der Waals surface area contributed by atoms with Gasteiger partial charge in [-0.25, -0.2) is 4.98 Å². The number of nitrogens with two attached hydrogens (primary N) is 1. The normalized spacial score (nSPS) is 18.3. The third kappa shape index (κ3) is 2.23. The number of nitrogen functional groups attached to an aromatic ring is 1. The molecule has 2 N–H and O–H groups in total. The average molecular weight is 273 g/mol. The molecule has 2 aromatic rings. The van der Waals surface area contributed by atoms with Gasteiger partial charge >= 0.3 is 0 Å². The summed E-state index contributed by atoms with van der Waals surface area (Å²) in [6, 6.07) is 6.35. The van der Waals surface area contributed by atoms with Gasteiger partial charge < -0.3 is 15.0 Å². The molecule has 0 bridgehead atoms. The largest absolute Gasteiger partial charge is 0.497 e. The fourth-order valence-corrected chi connectivity index (χ4v) is 3.47. The van der Waals surface area contributed by atoms with Crippen LogP contribution in [0.15, 0.2) is 18.2 Å². The standard InChI is InChI=1S/C16H23N3O/c1-11(12-6-4-3-5-7-12)19-15-10-13(20-2)8-9-14(15)18-16(19)17/h8-12H,3-7H2,1-2H3,(H2,17,18). The molecule has 1 aromatic heterocycles. The van der Waals surface area contributed by atoms with Gasteiger partial charge in [-0.3, -0.25) is 0 Å². The van der Waals surface area contributed by atoms with Crippen molar-refractivity contribution in [2.45, 2.75) is 45.1 Å². The van der Waals surface area contributed by atoms with Crippen molar-refractivity contribution >= 4 is 17.0 Å². The summed E-state index contributed by atoms with van der Waals surface area (Å²) >= 11 is 0. The molecule has 0 radical (unpaired) electrons. The lowest BCUT2D eigenvalue weighted by Gasteiger charge is -2.29. The van der Waals surface area contributed by atoms with Crippen LogP contribution >= 0.6 is 0 Å². The van der Waals surface area contributed by atoms with Crippen molar-refractivity contribution in [3.8, 4) is 5.75 Å². The van der Waals surface area contributed by atoms with Crippen LogP contribution in [0, 0.1) is 5.92 Å². The second-order valence-electron chi connectivity index (χ2n) is 5.83. The van der Waals surface area contributed by atoms with Gasteiger partial charge in [-0.15, -0.1) is 0 Å². The number of hydrogen-bond donors (Lipinski definition) is 1. The Hall–Kier alpha value is -1.71. The van der Waals surface area contributed by atoms with Crippen LogP contribution in [0.4, 0.5) is 5.95 Å². The molecule has 1 atom stereocenters. The SMILES string of the molecule is COc1ccc2nc(N)n(C(C)C3CCCCC3)c2c1. The first kappa shape index (κ1) is 13.3. The maximum atomic E-state index is 6.16. The summed E-state index contributed by atoms with van der Waals surface area (Å²) in [4.78, 5) is 4.49. The lowest BCUT2D eigenvalue weighted by Crippen LogP contribution is -2.20. The Kier molecular flexibility index (Phi) is 3.55. The lowest BCUT2D eigenvalue weighted by atomic mass is 9.84. The minimum atomic E-state index is 0.396. The van der Waals surface area contributed by atoms with E-state index in [1.54, 1.807) is 7.11 Å². The van der Waals surface area contributed by atoms with Crippen LogP contribution in [0.2, 0.25) is 0 Å². The number of nitrogens with zero attached hydrogens (tertiary/aromatic N) is 2. The van der Waals surface area contributed by atoms with E-state index in [-0.39, 0.29) is 0 Å². The monoisotopic (exact) mass is 273 g/mol. The van der Waals surface area contributed by atoms with Gasteiger partial charge in [0.1, 0.15) is 5.75 Å². The molecule has 20 heavy (non-hydrogen) atoms. The molecule has 1 unspecified atom stereocenters. The summed E-state index contributed by atoms with van der Waals surface area (Å²) < 4.78 is 7.52. The maximum absolute atomic E-state index is 6.16. The van der Waals surface area contributed by atoms with Gasteiger partial charge in [0.25, 0.3) is 0 Å². The first-order valence-corrected chi connectivity index (χ1v) is 7.52. The lowest BCUT2D eigenvalue weighted by molar-refractivity contribution is 0.269. The van der Waals surface area contributed by atoms with Crippen molar-refractivity contribution in [1.82, 2.24) is 9.55 Å². The smallest absolute Gasteiger partial charge is 0.201 e. The van der Waals surface area contributed by atoms with Gasteiger partial charge in [0.15, 0.2) is 0 Å². The second kappa shape index (κ2) is 5.35. The van der Waals surface area contributed by atoms with E-state index >= 15 is 0 Å². The number of imidazole rings is 1. The van der Waals surface area contributed by atoms with Crippen LogP contribution in [0.5, 0.6) is 5.75 Å². The Morgan fingerprint density at radius 1 is 1.30 bits per heavy atom. The first-order valence-electron chi connectivity index (χ1n) is 7.52. The zero-order chi connectivity index (χ0) is 14.1. The van der Waals surface area contributed by atoms with Gasteiger partial charge in [-0.2, -0.15) is 0 Å². The number of benzene rings is 1. The van der Waals surface area contributed by atoms with Crippen LogP contribution in [-0.2, 0) is 0 Å². The first-order chi connectivity index (χ1) is 9.70.